The number of fused-ring (bicyclic) bond motifs is 5. The highest BCUT2D eigenvalue weighted by molar-refractivity contribution is 5.96. The molecule has 0 radical (unpaired) electrons. The Hall–Kier alpha value is -2.56. The van der Waals surface area contributed by atoms with Gasteiger partial charge in [-0.3, -0.25) is 9.59 Å². The highest BCUT2D eigenvalue weighted by Gasteiger charge is 2.59. The van der Waals surface area contributed by atoms with Crippen LogP contribution in [0.4, 0.5) is 0 Å². The average Bonchev–Trinajstić information content (AvgIpc) is 3.17. The minimum absolute atomic E-state index is 0.0213. The van der Waals surface area contributed by atoms with Crippen molar-refractivity contribution in [1.82, 2.24) is 0 Å². The number of carbonyl (C=O) groups excluding carboxylic acids is 2. The molecule has 1 aromatic rings. The number of hydrogen-bond acceptors (Lipinski definition) is 5. The summed E-state index contributed by atoms with van der Waals surface area (Å²) in [6, 6.07) is 4.62. The number of phenolic OH excluding ortho intramolecular Hbond substituents is 2. The maximum absolute atomic E-state index is 13.4. The summed E-state index contributed by atoms with van der Waals surface area (Å²) in [4.78, 5) is 24.8. The van der Waals surface area contributed by atoms with Crippen molar-refractivity contribution in [3.8, 4) is 11.5 Å². The van der Waals surface area contributed by atoms with Crippen molar-refractivity contribution in [1.29, 1.82) is 0 Å². The van der Waals surface area contributed by atoms with E-state index in [0.29, 0.717) is 23.3 Å². The van der Waals surface area contributed by atoms with Crippen LogP contribution in [0.25, 0.3) is 6.08 Å². The van der Waals surface area contributed by atoms with Gasteiger partial charge in [0.15, 0.2) is 17.3 Å². The van der Waals surface area contributed by atoms with E-state index in [2.05, 4.69) is 19.9 Å². The van der Waals surface area contributed by atoms with Gasteiger partial charge in [-0.05, 0) is 97.3 Å². The predicted molar refractivity (Wildman–Crippen MR) is 135 cm³/mol. The second-order valence-corrected chi connectivity index (χ2v) is 11.9. The van der Waals surface area contributed by atoms with Crippen LogP contribution in [0.3, 0.4) is 0 Å². The lowest BCUT2D eigenvalue weighted by Crippen LogP contribution is -2.51. The van der Waals surface area contributed by atoms with Crippen LogP contribution in [0.15, 0.2) is 35.9 Å². The molecule has 3 fully saturated rings. The molecule has 2 N–H and O–H groups in total. The molecule has 35 heavy (non-hydrogen) atoms. The minimum Gasteiger partial charge on any atom is -0.504 e. The summed E-state index contributed by atoms with van der Waals surface area (Å²) in [5, 5.41) is 19.3. The van der Waals surface area contributed by atoms with E-state index >= 15 is 0 Å². The summed E-state index contributed by atoms with van der Waals surface area (Å²) in [6.45, 7) is 6.29. The van der Waals surface area contributed by atoms with Gasteiger partial charge in [-0.15, -0.1) is 0 Å². The molecular weight excluding hydrogens is 440 g/mol. The number of ketones is 1. The van der Waals surface area contributed by atoms with Gasteiger partial charge < -0.3 is 14.9 Å². The van der Waals surface area contributed by atoms with Crippen molar-refractivity contribution in [2.45, 2.75) is 78.2 Å². The van der Waals surface area contributed by atoms with E-state index in [1.807, 2.05) is 0 Å². The third-order valence-corrected chi connectivity index (χ3v) is 10.2. The molecule has 1 aromatic carbocycles. The molecule has 3 saturated carbocycles. The van der Waals surface area contributed by atoms with Gasteiger partial charge in [-0.25, -0.2) is 0 Å². The topological polar surface area (TPSA) is 83.8 Å². The normalized spacial score (nSPS) is 38.3. The lowest BCUT2D eigenvalue weighted by Gasteiger charge is -2.58. The lowest BCUT2D eigenvalue weighted by molar-refractivity contribution is -0.149. The summed E-state index contributed by atoms with van der Waals surface area (Å²) in [7, 11) is 0. The van der Waals surface area contributed by atoms with Crippen LogP contribution < -0.4 is 0 Å². The fourth-order valence-electron chi connectivity index (χ4n) is 8.37. The molecule has 0 bridgehead atoms. The van der Waals surface area contributed by atoms with E-state index in [0.717, 1.165) is 51.4 Å². The number of rotatable bonds is 4. The molecule has 7 atom stereocenters. The number of ether oxygens (including phenoxy) is 1. The zero-order valence-corrected chi connectivity index (χ0v) is 21.1. The Morgan fingerprint density at radius 2 is 1.83 bits per heavy atom. The van der Waals surface area contributed by atoms with Crippen LogP contribution in [0.5, 0.6) is 11.5 Å². The maximum atomic E-state index is 13.4. The standard InChI is InChI=1S/C30H38O5/c1-18(31)35-21-12-14-29(2)20(17-21)6-7-22-23-8-9-25(30(23,3)15-13-24(22)29)26(32)10-4-19-5-11-27(33)28(34)16-19/h4-6,10-11,16,21-25,33-34H,7-9,12-15,17H2,1-3H3/b10-4+/t21-,22?,23?,24?,25?,29-,30-/m0/s1. The molecule has 5 heteroatoms. The number of hydrogen-bond donors (Lipinski definition) is 2. The lowest BCUT2D eigenvalue weighted by atomic mass is 9.47. The van der Waals surface area contributed by atoms with E-state index in [9.17, 15) is 19.8 Å². The highest BCUT2D eigenvalue weighted by atomic mass is 16.5. The molecule has 0 heterocycles. The Labute approximate surface area is 208 Å². The zero-order chi connectivity index (χ0) is 25.0. The van der Waals surface area contributed by atoms with Gasteiger partial charge in [-0.1, -0.05) is 37.6 Å². The molecule has 0 amide bonds. The summed E-state index contributed by atoms with van der Waals surface area (Å²) in [5.74, 6) is 1.52. The van der Waals surface area contributed by atoms with Gasteiger partial charge >= 0.3 is 5.97 Å². The number of benzene rings is 1. The summed E-state index contributed by atoms with van der Waals surface area (Å²) >= 11 is 0. The molecule has 4 unspecified atom stereocenters. The van der Waals surface area contributed by atoms with Crippen molar-refractivity contribution < 1.29 is 24.5 Å². The van der Waals surface area contributed by atoms with E-state index in [-0.39, 0.29) is 46.1 Å². The van der Waals surface area contributed by atoms with Gasteiger partial charge in [0.1, 0.15) is 6.10 Å². The van der Waals surface area contributed by atoms with Crippen LogP contribution in [0.2, 0.25) is 0 Å². The predicted octanol–water partition coefficient (Wildman–Crippen LogP) is 6.19. The third-order valence-electron chi connectivity index (χ3n) is 10.2. The molecule has 4 aliphatic carbocycles. The van der Waals surface area contributed by atoms with Gasteiger partial charge in [0.25, 0.3) is 0 Å². The van der Waals surface area contributed by atoms with Crippen LogP contribution in [-0.4, -0.2) is 28.1 Å². The largest absolute Gasteiger partial charge is 0.504 e. The quantitative estimate of drug-likeness (QED) is 0.233. The maximum Gasteiger partial charge on any atom is 0.302 e. The first-order valence-electron chi connectivity index (χ1n) is 13.2. The Kier molecular flexibility index (Phi) is 6.09. The van der Waals surface area contributed by atoms with E-state index in [1.54, 1.807) is 18.2 Å². The minimum atomic E-state index is -0.181. The number of aromatic hydroxyl groups is 2. The van der Waals surface area contributed by atoms with Crippen LogP contribution in [-0.2, 0) is 14.3 Å². The average molecular weight is 479 g/mol. The first-order chi connectivity index (χ1) is 16.6. The Bertz CT molecular complexity index is 1090. The fraction of sp³-hybridized carbons (Fsp3) is 0.600. The Morgan fingerprint density at radius 3 is 2.57 bits per heavy atom. The number of allylic oxidation sites excluding steroid dienone is 2. The van der Waals surface area contributed by atoms with Crippen LogP contribution in [0.1, 0.15) is 77.7 Å². The SMILES string of the molecule is CC(=O)O[C@H]1CC[C@@]2(C)C(=CCC3C4CCC(C(=O)/C=C/c5ccc(O)c(O)c5)[C@@]4(C)CCC32)C1. The Morgan fingerprint density at radius 1 is 1.03 bits per heavy atom. The molecule has 0 aromatic heterocycles. The van der Waals surface area contributed by atoms with E-state index in [4.69, 9.17) is 4.74 Å². The van der Waals surface area contributed by atoms with Gasteiger partial charge in [0.05, 0.1) is 0 Å². The van der Waals surface area contributed by atoms with Gasteiger partial charge in [0, 0.05) is 19.3 Å². The van der Waals surface area contributed by atoms with Crippen molar-refractivity contribution in [3.63, 3.8) is 0 Å². The van der Waals surface area contributed by atoms with E-state index in [1.165, 1.54) is 24.6 Å². The third kappa shape index (κ3) is 4.11. The first kappa shape index (κ1) is 24.1. The van der Waals surface area contributed by atoms with Crippen molar-refractivity contribution in [2.75, 3.05) is 0 Å². The van der Waals surface area contributed by atoms with Gasteiger partial charge in [0.2, 0.25) is 0 Å². The molecule has 5 nitrogen and oxygen atoms in total. The molecule has 0 spiro atoms. The second kappa shape index (κ2) is 8.83. The Balaban J connectivity index is 1.32. The summed E-state index contributed by atoms with van der Waals surface area (Å²) in [6.07, 6.45) is 14.2. The molecule has 4 aliphatic rings. The second-order valence-electron chi connectivity index (χ2n) is 11.9. The molecule has 0 saturated heterocycles. The summed E-state index contributed by atoms with van der Waals surface area (Å²) < 4.78 is 5.56. The number of esters is 1. The van der Waals surface area contributed by atoms with Crippen molar-refractivity contribution in [3.05, 3.63) is 41.5 Å². The smallest absolute Gasteiger partial charge is 0.302 e. The molecule has 0 aliphatic heterocycles. The van der Waals surface area contributed by atoms with Crippen LogP contribution in [0, 0.1) is 34.5 Å². The highest BCUT2D eigenvalue weighted by Crippen LogP contribution is 2.66. The molecule has 188 valence electrons. The zero-order valence-electron chi connectivity index (χ0n) is 21.1. The fourth-order valence-corrected chi connectivity index (χ4v) is 8.37. The monoisotopic (exact) mass is 478 g/mol. The molecule has 5 rings (SSSR count). The van der Waals surface area contributed by atoms with Gasteiger partial charge in [-0.2, -0.15) is 0 Å². The van der Waals surface area contributed by atoms with E-state index < -0.39 is 0 Å². The van der Waals surface area contributed by atoms with Crippen molar-refractivity contribution in [2.24, 2.45) is 34.5 Å². The van der Waals surface area contributed by atoms with Crippen LogP contribution >= 0.6 is 0 Å². The number of carbonyl (C=O) groups is 2. The molecular formula is C30H38O5. The summed E-state index contributed by atoms with van der Waals surface area (Å²) in [5.41, 5.74) is 2.41. The van der Waals surface area contributed by atoms with Crippen molar-refractivity contribution >= 4 is 17.8 Å². The first-order valence-corrected chi connectivity index (χ1v) is 13.2. The number of phenols is 2.